The van der Waals surface area contributed by atoms with Crippen LogP contribution in [0.4, 0.5) is 0 Å². The van der Waals surface area contributed by atoms with E-state index in [1.807, 2.05) is 0 Å². The van der Waals surface area contributed by atoms with Crippen LogP contribution in [0.15, 0.2) is 18.2 Å². The molecule has 2 unspecified atom stereocenters. The first-order valence-corrected chi connectivity index (χ1v) is 5.32. The van der Waals surface area contributed by atoms with Gasteiger partial charge in [0.1, 0.15) is 11.9 Å². The van der Waals surface area contributed by atoms with E-state index in [4.69, 9.17) is 9.57 Å². The first-order valence-electron chi connectivity index (χ1n) is 5.32. The van der Waals surface area contributed by atoms with Crippen molar-refractivity contribution < 1.29 is 9.57 Å². The summed E-state index contributed by atoms with van der Waals surface area (Å²) in [5.74, 6) is 1.01. The molecule has 0 spiro atoms. The number of hydrogen-bond donors (Lipinski definition) is 1. The molecule has 1 aromatic carbocycles. The predicted molar refractivity (Wildman–Crippen MR) is 58.8 cm³/mol. The number of nitrogens with one attached hydrogen (secondary N) is 1. The maximum atomic E-state index is 5.91. The van der Waals surface area contributed by atoms with Crippen molar-refractivity contribution in [3.8, 4) is 5.75 Å². The van der Waals surface area contributed by atoms with Gasteiger partial charge in [-0.1, -0.05) is 25.1 Å². The molecule has 0 aromatic heterocycles. The summed E-state index contributed by atoms with van der Waals surface area (Å²) >= 11 is 0. The number of hydrogen-bond acceptors (Lipinski definition) is 3. The van der Waals surface area contributed by atoms with Gasteiger partial charge in [-0.25, -0.2) is 0 Å². The van der Waals surface area contributed by atoms with Crippen LogP contribution in [0.2, 0.25) is 0 Å². The van der Waals surface area contributed by atoms with Gasteiger partial charge in [0.05, 0.1) is 13.2 Å². The second kappa shape index (κ2) is 4.21. The van der Waals surface area contributed by atoms with Crippen molar-refractivity contribution in [2.24, 2.45) is 0 Å². The zero-order valence-corrected chi connectivity index (χ0v) is 9.41. The smallest absolute Gasteiger partial charge is 0.127 e. The summed E-state index contributed by atoms with van der Waals surface area (Å²) in [5.41, 5.74) is 5.39. The predicted octanol–water partition coefficient (Wildman–Crippen LogP) is 2.36. The largest absolute Gasteiger partial charge is 0.488 e. The van der Waals surface area contributed by atoms with Gasteiger partial charge in [0.25, 0.3) is 0 Å². The van der Waals surface area contributed by atoms with Crippen LogP contribution in [0, 0.1) is 6.92 Å². The number of para-hydroxylation sites is 1. The fraction of sp³-hybridized carbons (Fsp3) is 0.500. The Kier molecular flexibility index (Phi) is 2.93. The number of fused-ring (bicyclic) bond motifs is 1. The van der Waals surface area contributed by atoms with Crippen molar-refractivity contribution >= 4 is 0 Å². The second-order valence-corrected chi connectivity index (χ2v) is 3.86. The van der Waals surface area contributed by atoms with Crippen molar-refractivity contribution in [2.75, 3.05) is 7.11 Å². The molecule has 0 amide bonds. The van der Waals surface area contributed by atoms with E-state index < -0.39 is 0 Å². The van der Waals surface area contributed by atoms with Crippen LogP contribution in [0.3, 0.4) is 0 Å². The van der Waals surface area contributed by atoms with E-state index >= 15 is 0 Å². The fourth-order valence-corrected chi connectivity index (χ4v) is 2.09. The van der Waals surface area contributed by atoms with Crippen molar-refractivity contribution in [1.29, 1.82) is 0 Å². The summed E-state index contributed by atoms with van der Waals surface area (Å²) in [4.78, 5) is 5.02. The Labute approximate surface area is 90.3 Å². The van der Waals surface area contributed by atoms with Gasteiger partial charge in [0.2, 0.25) is 0 Å². The third-order valence-electron chi connectivity index (χ3n) is 2.87. The molecule has 0 radical (unpaired) electrons. The molecule has 1 aliphatic heterocycles. The standard InChI is InChI=1S/C12H17NO2/c1-4-10-11(13-14-3)9-7-5-6-8(2)12(9)15-10/h5-7,10-11,13H,4H2,1-3H3. The van der Waals surface area contributed by atoms with Gasteiger partial charge < -0.3 is 9.57 Å². The molecule has 3 nitrogen and oxygen atoms in total. The van der Waals surface area contributed by atoms with Gasteiger partial charge in [-0.15, -0.1) is 0 Å². The van der Waals surface area contributed by atoms with Crippen LogP contribution in [0.25, 0.3) is 0 Å². The van der Waals surface area contributed by atoms with Gasteiger partial charge in [-0.2, -0.15) is 5.48 Å². The highest BCUT2D eigenvalue weighted by Gasteiger charge is 2.33. The van der Waals surface area contributed by atoms with Gasteiger partial charge in [0, 0.05) is 5.56 Å². The minimum atomic E-state index is 0.148. The molecule has 2 atom stereocenters. The lowest BCUT2D eigenvalue weighted by atomic mass is 10.0. The maximum Gasteiger partial charge on any atom is 0.127 e. The lowest BCUT2D eigenvalue weighted by Crippen LogP contribution is -2.29. The molecule has 2 rings (SSSR count). The van der Waals surface area contributed by atoms with Crippen molar-refractivity contribution in [2.45, 2.75) is 32.4 Å². The monoisotopic (exact) mass is 207 g/mol. The van der Waals surface area contributed by atoms with Crippen LogP contribution in [0.5, 0.6) is 5.75 Å². The molecule has 1 aromatic rings. The lowest BCUT2D eigenvalue weighted by Gasteiger charge is -2.17. The topological polar surface area (TPSA) is 30.5 Å². The first-order chi connectivity index (χ1) is 7.27. The molecule has 0 fully saturated rings. The number of rotatable bonds is 3. The molecule has 82 valence electrons. The van der Waals surface area contributed by atoms with E-state index in [0.29, 0.717) is 0 Å². The summed E-state index contributed by atoms with van der Waals surface area (Å²) in [7, 11) is 1.64. The van der Waals surface area contributed by atoms with E-state index in [1.165, 1.54) is 11.1 Å². The number of ether oxygens (including phenoxy) is 1. The third kappa shape index (κ3) is 1.73. The summed E-state index contributed by atoms with van der Waals surface area (Å²) in [6.07, 6.45) is 1.14. The van der Waals surface area contributed by atoms with E-state index in [-0.39, 0.29) is 12.1 Å². The fourth-order valence-electron chi connectivity index (χ4n) is 2.09. The zero-order valence-electron chi connectivity index (χ0n) is 9.41. The van der Waals surface area contributed by atoms with Gasteiger partial charge in [-0.05, 0) is 18.9 Å². The molecule has 1 N–H and O–H groups in total. The van der Waals surface area contributed by atoms with Crippen LogP contribution < -0.4 is 10.2 Å². The molecule has 3 heteroatoms. The Morgan fingerprint density at radius 3 is 2.93 bits per heavy atom. The first kappa shape index (κ1) is 10.5. The summed E-state index contributed by atoms with van der Waals surface area (Å²) in [6.45, 7) is 4.19. The molecule has 0 saturated heterocycles. The number of benzene rings is 1. The minimum Gasteiger partial charge on any atom is -0.488 e. The molecule has 1 heterocycles. The Morgan fingerprint density at radius 1 is 1.47 bits per heavy atom. The molecular formula is C12H17NO2. The molecule has 0 saturated carbocycles. The molecule has 1 aliphatic rings. The lowest BCUT2D eigenvalue weighted by molar-refractivity contribution is 0.0283. The summed E-state index contributed by atoms with van der Waals surface area (Å²) in [5, 5.41) is 0. The molecule has 0 aliphatic carbocycles. The minimum absolute atomic E-state index is 0.148. The maximum absolute atomic E-state index is 5.91. The van der Waals surface area contributed by atoms with Crippen molar-refractivity contribution in [3.63, 3.8) is 0 Å². The average Bonchev–Trinajstić information content (AvgIpc) is 2.59. The average molecular weight is 207 g/mol. The Hall–Kier alpha value is -1.06. The van der Waals surface area contributed by atoms with E-state index in [2.05, 4.69) is 37.5 Å². The highest BCUT2D eigenvalue weighted by atomic mass is 16.6. The van der Waals surface area contributed by atoms with E-state index in [1.54, 1.807) is 7.11 Å². The normalized spacial score (nSPS) is 23.7. The van der Waals surface area contributed by atoms with E-state index in [0.717, 1.165) is 12.2 Å². The summed E-state index contributed by atoms with van der Waals surface area (Å²) < 4.78 is 5.91. The van der Waals surface area contributed by atoms with Gasteiger partial charge in [-0.3, -0.25) is 0 Å². The number of hydroxylamine groups is 1. The van der Waals surface area contributed by atoms with Gasteiger partial charge in [0.15, 0.2) is 0 Å². The van der Waals surface area contributed by atoms with Crippen LogP contribution in [0.1, 0.15) is 30.5 Å². The third-order valence-corrected chi connectivity index (χ3v) is 2.87. The highest BCUT2D eigenvalue weighted by molar-refractivity contribution is 5.46. The Morgan fingerprint density at radius 2 is 2.27 bits per heavy atom. The number of aryl methyl sites for hydroxylation is 1. The Bertz CT molecular complexity index is 351. The van der Waals surface area contributed by atoms with E-state index in [9.17, 15) is 0 Å². The quantitative estimate of drug-likeness (QED) is 0.772. The van der Waals surface area contributed by atoms with Crippen LogP contribution in [-0.4, -0.2) is 13.2 Å². The SMILES string of the molecule is CCC1Oc2c(C)cccc2C1NOC. The van der Waals surface area contributed by atoms with Crippen LogP contribution in [-0.2, 0) is 4.84 Å². The molecule has 0 bridgehead atoms. The molecule has 15 heavy (non-hydrogen) atoms. The van der Waals surface area contributed by atoms with Crippen molar-refractivity contribution in [1.82, 2.24) is 5.48 Å². The van der Waals surface area contributed by atoms with Crippen LogP contribution >= 0.6 is 0 Å². The summed E-state index contributed by atoms with van der Waals surface area (Å²) in [6, 6.07) is 6.37. The Balaban J connectivity index is 2.35. The highest BCUT2D eigenvalue weighted by Crippen LogP contribution is 2.39. The zero-order chi connectivity index (χ0) is 10.8. The van der Waals surface area contributed by atoms with Gasteiger partial charge >= 0.3 is 0 Å². The van der Waals surface area contributed by atoms with Crippen molar-refractivity contribution in [3.05, 3.63) is 29.3 Å². The second-order valence-electron chi connectivity index (χ2n) is 3.86. The molecular weight excluding hydrogens is 190 g/mol.